The highest BCUT2D eigenvalue weighted by molar-refractivity contribution is 5.28. The predicted octanol–water partition coefficient (Wildman–Crippen LogP) is 1.41. The molecule has 0 bridgehead atoms. The lowest BCUT2D eigenvalue weighted by Crippen LogP contribution is -2.02. The van der Waals surface area contributed by atoms with Crippen LogP contribution in [0, 0.1) is 6.92 Å². The molecule has 18 heavy (non-hydrogen) atoms. The number of aryl methyl sites for hydroxylation is 2. The Balaban J connectivity index is 2.05. The van der Waals surface area contributed by atoms with Gasteiger partial charge in [-0.2, -0.15) is 4.98 Å². The van der Waals surface area contributed by atoms with Crippen LogP contribution in [0.4, 0.5) is 0 Å². The summed E-state index contributed by atoms with van der Waals surface area (Å²) in [7, 11) is 0. The molecule has 0 spiro atoms. The van der Waals surface area contributed by atoms with Crippen LogP contribution >= 0.6 is 0 Å². The minimum atomic E-state index is -0.166. The van der Waals surface area contributed by atoms with Crippen LogP contribution in [0.5, 0.6) is 5.75 Å². The van der Waals surface area contributed by atoms with E-state index in [-0.39, 0.29) is 13.2 Å². The maximum atomic E-state index is 9.19. The Morgan fingerprint density at radius 3 is 2.83 bits per heavy atom. The highest BCUT2D eigenvalue weighted by Crippen LogP contribution is 2.18. The number of hydrogen-bond donors (Lipinski definition) is 1. The topological polar surface area (TPSA) is 81.3 Å². The SMILES string of the molecule is CCc1noc(COc2ccc(C)nc2CO)n1. The van der Waals surface area contributed by atoms with Gasteiger partial charge in [-0.3, -0.25) is 4.98 Å². The van der Waals surface area contributed by atoms with E-state index in [1.54, 1.807) is 6.07 Å². The highest BCUT2D eigenvalue weighted by Gasteiger charge is 2.09. The van der Waals surface area contributed by atoms with Gasteiger partial charge in [-0.15, -0.1) is 0 Å². The molecule has 6 nitrogen and oxygen atoms in total. The Bertz CT molecular complexity index is 525. The fourth-order valence-corrected chi connectivity index (χ4v) is 1.47. The average Bonchev–Trinajstić information content (AvgIpc) is 2.85. The number of pyridine rings is 1. The molecule has 0 saturated heterocycles. The molecule has 0 aliphatic rings. The molecular weight excluding hydrogens is 234 g/mol. The van der Waals surface area contributed by atoms with Gasteiger partial charge in [0, 0.05) is 12.1 Å². The number of nitrogens with zero attached hydrogens (tertiary/aromatic N) is 3. The van der Waals surface area contributed by atoms with Gasteiger partial charge in [-0.25, -0.2) is 0 Å². The zero-order chi connectivity index (χ0) is 13.0. The normalized spacial score (nSPS) is 10.6. The summed E-state index contributed by atoms with van der Waals surface area (Å²) in [6.45, 7) is 3.81. The molecule has 2 aromatic rings. The average molecular weight is 249 g/mol. The summed E-state index contributed by atoms with van der Waals surface area (Å²) in [4.78, 5) is 8.31. The Morgan fingerprint density at radius 1 is 1.33 bits per heavy atom. The van der Waals surface area contributed by atoms with Gasteiger partial charge in [0.15, 0.2) is 12.4 Å². The Morgan fingerprint density at radius 2 is 2.17 bits per heavy atom. The first-order valence-electron chi connectivity index (χ1n) is 5.74. The quantitative estimate of drug-likeness (QED) is 0.862. The number of aromatic nitrogens is 3. The summed E-state index contributed by atoms with van der Waals surface area (Å²) in [5.74, 6) is 1.59. The maximum Gasteiger partial charge on any atom is 0.264 e. The number of aliphatic hydroxyl groups excluding tert-OH is 1. The summed E-state index contributed by atoms with van der Waals surface area (Å²) >= 11 is 0. The minimum absolute atomic E-state index is 0.166. The van der Waals surface area contributed by atoms with Gasteiger partial charge in [-0.1, -0.05) is 12.1 Å². The monoisotopic (exact) mass is 249 g/mol. The molecule has 96 valence electrons. The van der Waals surface area contributed by atoms with Crippen LogP contribution < -0.4 is 4.74 Å². The van der Waals surface area contributed by atoms with Gasteiger partial charge < -0.3 is 14.4 Å². The van der Waals surface area contributed by atoms with Crippen molar-refractivity contribution < 1.29 is 14.4 Å². The first kappa shape index (κ1) is 12.5. The van der Waals surface area contributed by atoms with Crippen LogP contribution in [0.15, 0.2) is 16.7 Å². The first-order valence-corrected chi connectivity index (χ1v) is 5.74. The Hall–Kier alpha value is -1.95. The van der Waals surface area contributed by atoms with Crippen molar-refractivity contribution in [2.75, 3.05) is 0 Å². The lowest BCUT2D eigenvalue weighted by Gasteiger charge is -2.07. The number of aliphatic hydroxyl groups is 1. The molecule has 0 aliphatic heterocycles. The standard InChI is InChI=1S/C12H15N3O3/c1-3-11-14-12(18-15-11)7-17-10-5-4-8(2)13-9(10)6-16/h4-5,16H,3,6-7H2,1-2H3. The van der Waals surface area contributed by atoms with Crippen molar-refractivity contribution >= 4 is 0 Å². The molecule has 1 N–H and O–H groups in total. The summed E-state index contributed by atoms with van der Waals surface area (Å²) in [6, 6.07) is 3.59. The molecule has 2 aromatic heterocycles. The van der Waals surface area contributed by atoms with E-state index in [1.807, 2.05) is 19.9 Å². The lowest BCUT2D eigenvalue weighted by atomic mass is 10.3. The van der Waals surface area contributed by atoms with E-state index in [0.717, 1.165) is 12.1 Å². The van der Waals surface area contributed by atoms with Crippen LogP contribution in [0.2, 0.25) is 0 Å². The van der Waals surface area contributed by atoms with E-state index < -0.39 is 0 Å². The zero-order valence-electron chi connectivity index (χ0n) is 10.4. The number of hydrogen-bond acceptors (Lipinski definition) is 6. The molecule has 0 amide bonds. The number of ether oxygens (including phenoxy) is 1. The summed E-state index contributed by atoms with van der Waals surface area (Å²) in [6.07, 6.45) is 0.720. The van der Waals surface area contributed by atoms with Crippen LogP contribution in [0.1, 0.15) is 30.0 Å². The van der Waals surface area contributed by atoms with Crippen LogP contribution in [0.3, 0.4) is 0 Å². The molecule has 0 fully saturated rings. The van der Waals surface area contributed by atoms with E-state index in [9.17, 15) is 5.11 Å². The van der Waals surface area contributed by atoms with Gasteiger partial charge >= 0.3 is 0 Å². The third-order valence-corrected chi connectivity index (χ3v) is 2.40. The minimum Gasteiger partial charge on any atom is -0.482 e. The molecule has 0 atom stereocenters. The fraction of sp³-hybridized carbons (Fsp3) is 0.417. The van der Waals surface area contributed by atoms with Crippen molar-refractivity contribution in [3.63, 3.8) is 0 Å². The molecule has 2 rings (SSSR count). The lowest BCUT2D eigenvalue weighted by molar-refractivity contribution is 0.225. The van der Waals surface area contributed by atoms with Crippen molar-refractivity contribution in [1.82, 2.24) is 15.1 Å². The summed E-state index contributed by atoms with van der Waals surface area (Å²) in [5, 5.41) is 13.0. The zero-order valence-corrected chi connectivity index (χ0v) is 10.4. The first-order chi connectivity index (χ1) is 8.72. The number of rotatable bonds is 5. The van der Waals surface area contributed by atoms with Gasteiger partial charge in [-0.05, 0) is 19.1 Å². The predicted molar refractivity (Wildman–Crippen MR) is 62.9 cm³/mol. The van der Waals surface area contributed by atoms with Crippen molar-refractivity contribution in [3.05, 3.63) is 35.2 Å². The maximum absolute atomic E-state index is 9.19. The molecule has 6 heteroatoms. The van der Waals surface area contributed by atoms with E-state index in [0.29, 0.717) is 23.2 Å². The molecular formula is C12H15N3O3. The van der Waals surface area contributed by atoms with Crippen molar-refractivity contribution in [3.8, 4) is 5.75 Å². The second-order valence-electron chi connectivity index (χ2n) is 3.80. The molecule has 0 saturated carbocycles. The van der Waals surface area contributed by atoms with E-state index >= 15 is 0 Å². The molecule has 0 unspecified atom stereocenters. The Kier molecular flexibility index (Phi) is 3.88. The largest absolute Gasteiger partial charge is 0.482 e. The fourth-order valence-electron chi connectivity index (χ4n) is 1.47. The smallest absolute Gasteiger partial charge is 0.264 e. The van der Waals surface area contributed by atoms with E-state index in [2.05, 4.69) is 15.1 Å². The second-order valence-corrected chi connectivity index (χ2v) is 3.80. The third kappa shape index (κ3) is 2.84. The molecule has 2 heterocycles. The molecule has 0 aliphatic carbocycles. The van der Waals surface area contributed by atoms with Gasteiger partial charge in [0.05, 0.1) is 6.61 Å². The van der Waals surface area contributed by atoms with Crippen molar-refractivity contribution in [2.24, 2.45) is 0 Å². The molecule has 0 aromatic carbocycles. The van der Waals surface area contributed by atoms with Crippen LogP contribution in [0.25, 0.3) is 0 Å². The van der Waals surface area contributed by atoms with E-state index in [1.165, 1.54) is 0 Å². The highest BCUT2D eigenvalue weighted by atomic mass is 16.5. The van der Waals surface area contributed by atoms with E-state index in [4.69, 9.17) is 9.26 Å². The second kappa shape index (κ2) is 5.59. The third-order valence-electron chi connectivity index (χ3n) is 2.40. The van der Waals surface area contributed by atoms with Crippen molar-refractivity contribution in [1.29, 1.82) is 0 Å². The van der Waals surface area contributed by atoms with Crippen LogP contribution in [-0.4, -0.2) is 20.2 Å². The summed E-state index contributed by atoms with van der Waals surface area (Å²) in [5.41, 5.74) is 1.34. The van der Waals surface area contributed by atoms with Gasteiger partial charge in [0.1, 0.15) is 11.4 Å². The summed E-state index contributed by atoms with van der Waals surface area (Å²) < 4.78 is 10.5. The molecule has 0 radical (unpaired) electrons. The Labute approximate surface area is 105 Å². The van der Waals surface area contributed by atoms with Crippen molar-refractivity contribution in [2.45, 2.75) is 33.5 Å². The van der Waals surface area contributed by atoms with Gasteiger partial charge in [0.25, 0.3) is 5.89 Å². The van der Waals surface area contributed by atoms with Crippen LogP contribution in [-0.2, 0) is 19.6 Å². The van der Waals surface area contributed by atoms with Gasteiger partial charge in [0.2, 0.25) is 0 Å².